The van der Waals surface area contributed by atoms with Crippen LogP contribution in [0.1, 0.15) is 28.4 Å². The maximum absolute atomic E-state index is 12.0. The maximum Gasteiger partial charge on any atom is 0.322 e. The van der Waals surface area contributed by atoms with Gasteiger partial charge < -0.3 is 20.5 Å². The number of hydrogen-bond donors (Lipinski definition) is 3. The number of aryl methyl sites for hydroxylation is 1. The minimum absolute atomic E-state index is 0.326. The van der Waals surface area contributed by atoms with E-state index in [1.165, 1.54) is 0 Å². The zero-order valence-corrected chi connectivity index (χ0v) is 18.1. The molecule has 0 heterocycles. The van der Waals surface area contributed by atoms with Crippen LogP contribution < -0.4 is 15.4 Å². The van der Waals surface area contributed by atoms with Crippen LogP contribution in [0.4, 0.5) is 5.69 Å². The molecule has 0 saturated heterocycles. The summed E-state index contributed by atoms with van der Waals surface area (Å²) in [6, 6.07) is 9.35. The molecule has 0 atom stereocenters. The van der Waals surface area contributed by atoms with Gasteiger partial charge in [-0.25, -0.2) is 0 Å². The number of amides is 1. The number of benzene rings is 2. The Labute approximate surface area is 174 Å². The van der Waals surface area contributed by atoms with E-state index in [1.54, 1.807) is 12.1 Å². The molecule has 0 aliphatic rings. The largest absolute Gasteiger partial charge is 0.487 e. The average Bonchev–Trinajstić information content (AvgIpc) is 2.58. The Morgan fingerprint density at radius 2 is 1.78 bits per heavy atom. The van der Waals surface area contributed by atoms with Crippen LogP contribution >= 0.6 is 31.9 Å². The summed E-state index contributed by atoms with van der Waals surface area (Å²) < 4.78 is 7.12. The number of aliphatic carboxylic acids is 1. The zero-order valence-electron chi connectivity index (χ0n) is 14.9. The lowest BCUT2D eigenvalue weighted by Gasteiger charge is -2.14. The molecule has 0 aromatic heterocycles. The Hall–Kier alpha value is -2.06. The number of carbonyl (C=O) groups excluding carboxylic acids is 1. The van der Waals surface area contributed by atoms with Crippen molar-refractivity contribution in [2.24, 2.45) is 0 Å². The van der Waals surface area contributed by atoms with E-state index < -0.39 is 18.4 Å². The molecule has 144 valence electrons. The Morgan fingerprint density at radius 1 is 1.11 bits per heavy atom. The van der Waals surface area contributed by atoms with Gasteiger partial charge in [0, 0.05) is 17.8 Å². The first-order chi connectivity index (χ1) is 12.8. The number of carboxylic acid groups (broad SMARTS) is 1. The summed E-state index contributed by atoms with van der Waals surface area (Å²) in [4.78, 5) is 22.6. The van der Waals surface area contributed by atoms with Crippen molar-refractivity contribution < 1.29 is 19.4 Å². The standard InChI is InChI=1S/C19H20Br2N2O4/c1-3-22-14-5-11(2)4-12(6-14)10-27-18-15(20)7-13(8-16(18)21)19(26)23-9-17(24)25/h4-8,22H,3,9-10H2,1-2H3,(H,23,26)(H,24,25). The summed E-state index contributed by atoms with van der Waals surface area (Å²) in [5.41, 5.74) is 3.52. The summed E-state index contributed by atoms with van der Waals surface area (Å²) in [7, 11) is 0. The highest BCUT2D eigenvalue weighted by Crippen LogP contribution is 2.35. The van der Waals surface area contributed by atoms with Crippen LogP contribution in [0, 0.1) is 6.92 Å². The molecule has 0 bridgehead atoms. The van der Waals surface area contributed by atoms with Crippen LogP contribution in [-0.4, -0.2) is 30.1 Å². The van der Waals surface area contributed by atoms with E-state index in [4.69, 9.17) is 9.84 Å². The maximum atomic E-state index is 12.0. The second kappa shape index (κ2) is 9.75. The van der Waals surface area contributed by atoms with Gasteiger partial charge in [-0.15, -0.1) is 0 Å². The first kappa shape index (κ1) is 21.2. The smallest absolute Gasteiger partial charge is 0.322 e. The number of rotatable bonds is 8. The van der Waals surface area contributed by atoms with Crippen molar-refractivity contribution in [1.29, 1.82) is 0 Å². The highest BCUT2D eigenvalue weighted by molar-refractivity contribution is 9.11. The van der Waals surface area contributed by atoms with Gasteiger partial charge in [0.1, 0.15) is 18.9 Å². The molecule has 1 amide bonds. The highest BCUT2D eigenvalue weighted by atomic mass is 79.9. The van der Waals surface area contributed by atoms with Gasteiger partial charge in [-0.05, 0) is 81.1 Å². The molecule has 3 N–H and O–H groups in total. The predicted octanol–water partition coefficient (Wildman–Crippen LogP) is 4.35. The molecule has 27 heavy (non-hydrogen) atoms. The Morgan fingerprint density at radius 3 is 2.37 bits per heavy atom. The molecule has 2 aromatic rings. The molecule has 2 rings (SSSR count). The Balaban J connectivity index is 2.13. The van der Waals surface area contributed by atoms with Gasteiger partial charge in [-0.1, -0.05) is 6.07 Å². The van der Waals surface area contributed by atoms with Gasteiger partial charge in [-0.2, -0.15) is 0 Å². The van der Waals surface area contributed by atoms with Gasteiger partial charge in [0.15, 0.2) is 0 Å². The monoisotopic (exact) mass is 498 g/mol. The fourth-order valence-corrected chi connectivity index (χ4v) is 3.91. The van der Waals surface area contributed by atoms with Crippen LogP contribution in [0.2, 0.25) is 0 Å². The van der Waals surface area contributed by atoms with Crippen molar-refractivity contribution in [3.8, 4) is 5.75 Å². The van der Waals surface area contributed by atoms with E-state index >= 15 is 0 Å². The Kier molecular flexibility index (Phi) is 7.67. The fraction of sp³-hybridized carbons (Fsp3) is 0.263. The molecule has 6 nitrogen and oxygen atoms in total. The number of ether oxygens (including phenoxy) is 1. The minimum Gasteiger partial charge on any atom is -0.487 e. The number of hydrogen-bond acceptors (Lipinski definition) is 4. The molecule has 8 heteroatoms. The third-order valence-corrected chi connectivity index (χ3v) is 4.74. The summed E-state index contributed by atoms with van der Waals surface area (Å²) in [6.45, 7) is 4.84. The van der Waals surface area contributed by atoms with Crippen molar-refractivity contribution in [2.75, 3.05) is 18.4 Å². The van der Waals surface area contributed by atoms with E-state index in [2.05, 4.69) is 54.6 Å². The van der Waals surface area contributed by atoms with Crippen LogP contribution in [0.25, 0.3) is 0 Å². The third kappa shape index (κ3) is 6.25. The highest BCUT2D eigenvalue weighted by Gasteiger charge is 2.14. The number of anilines is 1. The quantitative estimate of drug-likeness (QED) is 0.502. The molecule has 0 spiro atoms. The second-order valence-corrected chi connectivity index (χ2v) is 7.58. The molecule has 0 aliphatic heterocycles. The van der Waals surface area contributed by atoms with Crippen LogP contribution in [-0.2, 0) is 11.4 Å². The fourth-order valence-electron chi connectivity index (χ4n) is 2.49. The van der Waals surface area contributed by atoms with Crippen LogP contribution in [0.5, 0.6) is 5.75 Å². The lowest BCUT2D eigenvalue weighted by atomic mass is 10.1. The number of nitrogens with one attached hydrogen (secondary N) is 2. The summed E-state index contributed by atoms with van der Waals surface area (Å²) in [5, 5.41) is 14.3. The average molecular weight is 500 g/mol. The summed E-state index contributed by atoms with van der Waals surface area (Å²) in [6.07, 6.45) is 0. The molecular weight excluding hydrogens is 480 g/mol. The van der Waals surface area contributed by atoms with Gasteiger partial charge in [0.05, 0.1) is 8.95 Å². The lowest BCUT2D eigenvalue weighted by Crippen LogP contribution is -2.29. The van der Waals surface area contributed by atoms with Crippen LogP contribution in [0.3, 0.4) is 0 Å². The van der Waals surface area contributed by atoms with Gasteiger partial charge >= 0.3 is 5.97 Å². The molecule has 0 unspecified atom stereocenters. The molecule has 0 radical (unpaired) electrons. The van der Waals surface area contributed by atoms with E-state index in [9.17, 15) is 9.59 Å². The molecule has 0 fully saturated rings. The SMILES string of the molecule is CCNc1cc(C)cc(COc2c(Br)cc(C(=O)NCC(=O)O)cc2Br)c1. The van der Waals surface area contributed by atoms with Crippen molar-refractivity contribution in [1.82, 2.24) is 5.32 Å². The van der Waals surface area contributed by atoms with Gasteiger partial charge in [0.25, 0.3) is 5.91 Å². The first-order valence-corrected chi connectivity index (χ1v) is 9.85. The van der Waals surface area contributed by atoms with Crippen molar-refractivity contribution in [3.05, 3.63) is 56.0 Å². The van der Waals surface area contributed by atoms with Crippen LogP contribution in [0.15, 0.2) is 39.3 Å². The lowest BCUT2D eigenvalue weighted by molar-refractivity contribution is -0.135. The van der Waals surface area contributed by atoms with Gasteiger partial charge in [-0.3, -0.25) is 9.59 Å². The van der Waals surface area contributed by atoms with Crippen molar-refractivity contribution in [3.63, 3.8) is 0 Å². The number of carboxylic acids is 1. The minimum atomic E-state index is -1.10. The molecular formula is C19H20Br2N2O4. The van der Waals surface area contributed by atoms with E-state index in [0.29, 0.717) is 26.9 Å². The molecule has 0 aliphatic carbocycles. The molecule has 0 saturated carbocycles. The topological polar surface area (TPSA) is 87.7 Å². The van der Waals surface area contributed by atoms with E-state index in [-0.39, 0.29) is 0 Å². The second-order valence-electron chi connectivity index (χ2n) is 5.87. The van der Waals surface area contributed by atoms with Crippen molar-refractivity contribution in [2.45, 2.75) is 20.5 Å². The normalized spacial score (nSPS) is 10.4. The third-order valence-electron chi connectivity index (χ3n) is 3.56. The number of halogens is 2. The molecule has 2 aromatic carbocycles. The zero-order chi connectivity index (χ0) is 20.0. The van der Waals surface area contributed by atoms with Gasteiger partial charge in [0.2, 0.25) is 0 Å². The summed E-state index contributed by atoms with van der Waals surface area (Å²) in [5.74, 6) is -1.01. The Bertz CT molecular complexity index is 833. The van der Waals surface area contributed by atoms with E-state index in [0.717, 1.165) is 23.4 Å². The first-order valence-electron chi connectivity index (χ1n) is 8.26. The van der Waals surface area contributed by atoms with Crippen molar-refractivity contribution >= 4 is 49.4 Å². The van der Waals surface area contributed by atoms with E-state index in [1.807, 2.05) is 19.9 Å². The predicted molar refractivity (Wildman–Crippen MR) is 111 cm³/mol. The number of carbonyl (C=O) groups is 2. The summed E-state index contributed by atoms with van der Waals surface area (Å²) >= 11 is 6.82.